The highest BCUT2D eigenvalue weighted by atomic mass is 19.4. The molecular weight excluding hydrogens is 537 g/mol. The number of nitrogens with one attached hydrogen (secondary N) is 1. The number of carbonyl (C=O) groups is 1. The standard InChI is InChI=1S/C32H30F5N3O/c1-39(2)28-21(7-5-8-25(28)33)19-12-15-31(16-13-19)29-23(22-6-3-4-9-27(22)38-29)14-17-40(31)30(41)24-11-10-20(18-26(24)34)32(35,36)37/h3-11,18-19,38H,12-17H2,1-2H3. The lowest BCUT2D eigenvalue weighted by Crippen LogP contribution is -2.55. The Hall–Kier alpha value is -3.88. The lowest BCUT2D eigenvalue weighted by atomic mass is 9.69. The van der Waals surface area contributed by atoms with Crippen molar-refractivity contribution >= 4 is 22.5 Å². The van der Waals surface area contributed by atoms with Crippen LogP contribution in [0.1, 0.15) is 64.3 Å². The van der Waals surface area contributed by atoms with Gasteiger partial charge in [-0.3, -0.25) is 4.79 Å². The minimum Gasteiger partial charge on any atom is -0.375 e. The maximum atomic E-state index is 15.1. The fourth-order valence-electron chi connectivity index (χ4n) is 7.00. The molecule has 1 spiro atoms. The fourth-order valence-corrected chi connectivity index (χ4v) is 7.00. The summed E-state index contributed by atoms with van der Waals surface area (Å²) < 4.78 is 69.4. The number of amides is 1. The van der Waals surface area contributed by atoms with E-state index in [1.165, 1.54) is 6.07 Å². The van der Waals surface area contributed by atoms with Crippen LogP contribution in [0, 0.1) is 11.6 Å². The van der Waals surface area contributed by atoms with Gasteiger partial charge in [-0.25, -0.2) is 8.78 Å². The number of para-hydroxylation sites is 2. The number of benzene rings is 3. The molecule has 2 aliphatic rings. The Morgan fingerprint density at radius 1 is 0.976 bits per heavy atom. The third-order valence-corrected chi connectivity index (χ3v) is 8.87. The number of halogens is 5. The fraction of sp³-hybridized carbons (Fsp3) is 0.344. The molecule has 1 fully saturated rings. The Kier molecular flexibility index (Phi) is 6.58. The highest BCUT2D eigenvalue weighted by Gasteiger charge is 2.49. The van der Waals surface area contributed by atoms with Crippen molar-refractivity contribution in [1.29, 1.82) is 0 Å². The number of hydrogen-bond donors (Lipinski definition) is 1. The van der Waals surface area contributed by atoms with E-state index in [-0.39, 0.29) is 17.3 Å². The van der Waals surface area contributed by atoms with Crippen molar-refractivity contribution in [3.63, 3.8) is 0 Å². The average Bonchev–Trinajstić information content (AvgIpc) is 3.32. The van der Waals surface area contributed by atoms with E-state index < -0.39 is 29.0 Å². The van der Waals surface area contributed by atoms with E-state index in [1.807, 2.05) is 44.4 Å². The third-order valence-electron chi connectivity index (χ3n) is 8.87. The molecule has 2 heterocycles. The summed E-state index contributed by atoms with van der Waals surface area (Å²) in [5.41, 5.74) is 2.08. The average molecular weight is 568 g/mol. The molecule has 1 amide bonds. The molecule has 1 saturated carbocycles. The van der Waals surface area contributed by atoms with Crippen LogP contribution in [-0.4, -0.2) is 36.4 Å². The first-order valence-corrected chi connectivity index (χ1v) is 13.8. The van der Waals surface area contributed by atoms with E-state index in [4.69, 9.17) is 0 Å². The molecule has 9 heteroatoms. The van der Waals surface area contributed by atoms with Gasteiger partial charge in [0.2, 0.25) is 0 Å². The van der Waals surface area contributed by atoms with Crippen LogP contribution in [-0.2, 0) is 18.1 Å². The number of aromatic amines is 1. The molecule has 214 valence electrons. The van der Waals surface area contributed by atoms with Crippen LogP contribution in [0.5, 0.6) is 0 Å². The maximum absolute atomic E-state index is 15.1. The summed E-state index contributed by atoms with van der Waals surface area (Å²) >= 11 is 0. The first-order valence-electron chi connectivity index (χ1n) is 13.8. The summed E-state index contributed by atoms with van der Waals surface area (Å²) in [7, 11) is 3.62. The number of hydrogen-bond acceptors (Lipinski definition) is 2. The Balaban J connectivity index is 1.41. The van der Waals surface area contributed by atoms with Crippen molar-refractivity contribution in [2.24, 2.45) is 0 Å². The van der Waals surface area contributed by atoms with Gasteiger partial charge in [-0.05, 0) is 79.5 Å². The largest absolute Gasteiger partial charge is 0.416 e. The number of H-pyrrole nitrogens is 1. The molecular formula is C32H30F5N3O. The Labute approximate surface area is 234 Å². The zero-order chi connectivity index (χ0) is 29.1. The quantitative estimate of drug-likeness (QED) is 0.257. The number of nitrogens with zero attached hydrogens (tertiary/aromatic N) is 2. The Morgan fingerprint density at radius 3 is 2.39 bits per heavy atom. The van der Waals surface area contributed by atoms with Crippen LogP contribution in [0.2, 0.25) is 0 Å². The van der Waals surface area contributed by atoms with Crippen molar-refractivity contribution in [2.45, 2.75) is 49.7 Å². The van der Waals surface area contributed by atoms with Crippen LogP contribution in [0.25, 0.3) is 10.9 Å². The molecule has 41 heavy (non-hydrogen) atoms. The van der Waals surface area contributed by atoms with Gasteiger partial charge in [0.1, 0.15) is 11.6 Å². The molecule has 1 aliphatic carbocycles. The van der Waals surface area contributed by atoms with E-state index >= 15 is 4.39 Å². The van der Waals surface area contributed by atoms with E-state index in [9.17, 15) is 22.4 Å². The zero-order valence-electron chi connectivity index (χ0n) is 22.8. The van der Waals surface area contributed by atoms with Crippen LogP contribution in [0.15, 0.2) is 60.7 Å². The summed E-state index contributed by atoms with van der Waals surface area (Å²) in [6, 6.07) is 15.1. The summed E-state index contributed by atoms with van der Waals surface area (Å²) in [6.45, 7) is 0.307. The van der Waals surface area contributed by atoms with Gasteiger partial charge in [0.05, 0.1) is 22.4 Å². The van der Waals surface area contributed by atoms with Crippen LogP contribution in [0.4, 0.5) is 27.6 Å². The molecule has 0 unspecified atom stereocenters. The number of rotatable bonds is 3. The molecule has 1 N–H and O–H groups in total. The van der Waals surface area contributed by atoms with E-state index in [2.05, 4.69) is 4.98 Å². The molecule has 4 aromatic rings. The van der Waals surface area contributed by atoms with Crippen molar-refractivity contribution in [1.82, 2.24) is 9.88 Å². The maximum Gasteiger partial charge on any atom is 0.416 e. The highest BCUT2D eigenvalue weighted by Crippen LogP contribution is 2.52. The molecule has 3 aromatic carbocycles. The van der Waals surface area contributed by atoms with Gasteiger partial charge >= 0.3 is 6.18 Å². The molecule has 0 saturated heterocycles. The highest BCUT2D eigenvalue weighted by molar-refractivity contribution is 5.96. The molecule has 0 bridgehead atoms. The minimum absolute atomic E-state index is 0.0447. The molecule has 1 aliphatic heterocycles. The predicted molar refractivity (Wildman–Crippen MR) is 148 cm³/mol. The van der Waals surface area contributed by atoms with Crippen molar-refractivity contribution < 1.29 is 26.7 Å². The van der Waals surface area contributed by atoms with Crippen molar-refractivity contribution in [2.75, 3.05) is 25.5 Å². The topological polar surface area (TPSA) is 39.3 Å². The Morgan fingerprint density at radius 2 is 1.71 bits per heavy atom. The number of carbonyl (C=O) groups excluding carboxylic acids is 1. The van der Waals surface area contributed by atoms with Crippen molar-refractivity contribution in [3.05, 3.63) is 100 Å². The van der Waals surface area contributed by atoms with Gasteiger partial charge in [-0.1, -0.05) is 30.3 Å². The molecule has 0 radical (unpaired) electrons. The van der Waals surface area contributed by atoms with E-state index in [1.54, 1.807) is 15.9 Å². The second-order valence-corrected chi connectivity index (χ2v) is 11.3. The van der Waals surface area contributed by atoms with E-state index in [0.717, 1.165) is 39.9 Å². The number of anilines is 1. The molecule has 1 aromatic heterocycles. The minimum atomic E-state index is -4.71. The van der Waals surface area contributed by atoms with Crippen LogP contribution >= 0.6 is 0 Å². The monoisotopic (exact) mass is 567 g/mol. The van der Waals surface area contributed by atoms with Gasteiger partial charge in [-0.15, -0.1) is 0 Å². The molecule has 0 atom stereocenters. The van der Waals surface area contributed by atoms with Gasteiger partial charge < -0.3 is 14.8 Å². The normalized spacial score (nSPS) is 20.9. The second-order valence-electron chi connectivity index (χ2n) is 11.3. The first kappa shape index (κ1) is 27.3. The summed E-state index contributed by atoms with van der Waals surface area (Å²) in [6.07, 6.45) is -1.80. The lowest BCUT2D eigenvalue weighted by Gasteiger charge is -2.51. The summed E-state index contributed by atoms with van der Waals surface area (Å²) in [5, 5.41) is 1.07. The predicted octanol–water partition coefficient (Wildman–Crippen LogP) is 7.78. The van der Waals surface area contributed by atoms with Gasteiger partial charge in [-0.2, -0.15) is 13.2 Å². The van der Waals surface area contributed by atoms with Gasteiger partial charge in [0.25, 0.3) is 5.91 Å². The number of aromatic nitrogens is 1. The molecule has 4 nitrogen and oxygen atoms in total. The first-order chi connectivity index (χ1) is 19.5. The van der Waals surface area contributed by atoms with Gasteiger partial charge in [0, 0.05) is 37.2 Å². The second kappa shape index (κ2) is 9.89. The number of fused-ring (bicyclic) bond motifs is 4. The summed E-state index contributed by atoms with van der Waals surface area (Å²) in [4.78, 5) is 20.9. The SMILES string of the molecule is CN(C)c1c(F)cccc1C1CCC2(CC1)c1[nH]c3ccccc3c1CCN2C(=O)c1ccc(C(F)(F)F)cc1F. The van der Waals surface area contributed by atoms with Crippen LogP contribution in [0.3, 0.4) is 0 Å². The smallest absolute Gasteiger partial charge is 0.375 e. The Bertz CT molecular complexity index is 1630. The zero-order valence-corrected chi connectivity index (χ0v) is 22.8. The van der Waals surface area contributed by atoms with Crippen LogP contribution < -0.4 is 4.90 Å². The summed E-state index contributed by atoms with van der Waals surface area (Å²) in [5.74, 6) is -2.06. The number of alkyl halides is 3. The lowest BCUT2D eigenvalue weighted by molar-refractivity contribution is -0.137. The molecule has 6 rings (SSSR count). The van der Waals surface area contributed by atoms with Gasteiger partial charge in [0.15, 0.2) is 0 Å². The third kappa shape index (κ3) is 4.46. The van der Waals surface area contributed by atoms with Crippen molar-refractivity contribution in [3.8, 4) is 0 Å². The van der Waals surface area contributed by atoms with E-state index in [0.29, 0.717) is 50.4 Å².